The Morgan fingerprint density at radius 1 is 1.16 bits per heavy atom. The number of Topliss-reactive ketones (excluding diaryl/α,β-unsaturated/α-hetero) is 1. The first-order chi connectivity index (χ1) is 17.9. The first-order valence-corrected chi connectivity index (χ1v) is 12.7. The van der Waals surface area contributed by atoms with E-state index in [0.717, 1.165) is 13.1 Å². The van der Waals surface area contributed by atoms with Gasteiger partial charge in [0.05, 0.1) is 38.4 Å². The molecule has 2 aromatic carbocycles. The van der Waals surface area contributed by atoms with Crippen LogP contribution in [0.5, 0.6) is 11.5 Å². The third-order valence-corrected chi connectivity index (χ3v) is 6.47. The molecule has 8 heteroatoms. The molecule has 2 aliphatic heterocycles. The van der Waals surface area contributed by atoms with Crippen molar-refractivity contribution >= 4 is 17.4 Å². The number of amides is 1. The highest BCUT2D eigenvalue weighted by atomic mass is 16.5. The van der Waals surface area contributed by atoms with Crippen molar-refractivity contribution in [3.8, 4) is 11.5 Å². The van der Waals surface area contributed by atoms with Gasteiger partial charge in [0.1, 0.15) is 31.2 Å². The summed E-state index contributed by atoms with van der Waals surface area (Å²) in [5.74, 6) is -0.669. The molecule has 2 heterocycles. The molecular formula is C29H34N2O6. The van der Waals surface area contributed by atoms with Crippen LogP contribution in [0, 0.1) is 0 Å². The van der Waals surface area contributed by atoms with Gasteiger partial charge in [-0.05, 0) is 49.2 Å². The number of morpholine rings is 1. The third kappa shape index (κ3) is 6.21. The number of carbonyl (C=O) groups excluding carboxylic acids is 2. The zero-order valence-corrected chi connectivity index (χ0v) is 21.4. The average molecular weight is 507 g/mol. The molecule has 1 N–H and O–H groups in total. The van der Waals surface area contributed by atoms with Gasteiger partial charge in [0.2, 0.25) is 5.78 Å². The second-order valence-electron chi connectivity index (χ2n) is 9.45. The van der Waals surface area contributed by atoms with E-state index >= 15 is 0 Å². The van der Waals surface area contributed by atoms with Crippen LogP contribution < -0.4 is 19.5 Å². The Morgan fingerprint density at radius 2 is 1.89 bits per heavy atom. The smallest absolute Gasteiger partial charge is 0.295 e. The van der Waals surface area contributed by atoms with E-state index in [4.69, 9.17) is 14.2 Å². The Morgan fingerprint density at radius 3 is 2.57 bits per heavy atom. The van der Waals surface area contributed by atoms with Gasteiger partial charge in [0.25, 0.3) is 5.91 Å². The highest BCUT2D eigenvalue weighted by Crippen LogP contribution is 2.39. The second kappa shape index (κ2) is 12.1. The number of likely N-dealkylation sites (tertiary alicyclic amines) is 1. The molecule has 8 nitrogen and oxygen atoms in total. The number of rotatable bonds is 10. The molecule has 0 saturated carbocycles. The molecule has 37 heavy (non-hydrogen) atoms. The summed E-state index contributed by atoms with van der Waals surface area (Å²) < 4.78 is 16.8. The number of hydrogen-bond donors (Lipinski definition) is 1. The lowest BCUT2D eigenvalue weighted by atomic mass is 9.95. The van der Waals surface area contributed by atoms with E-state index in [1.54, 1.807) is 48.5 Å². The summed E-state index contributed by atoms with van der Waals surface area (Å²) >= 11 is 0. The Hall–Kier alpha value is -3.62. The zero-order valence-electron chi connectivity index (χ0n) is 21.4. The fourth-order valence-electron chi connectivity index (χ4n) is 4.68. The van der Waals surface area contributed by atoms with Gasteiger partial charge in [0.15, 0.2) is 0 Å². The summed E-state index contributed by atoms with van der Waals surface area (Å²) in [6.07, 6.45) is 1.63. The predicted octanol–water partition coefficient (Wildman–Crippen LogP) is 1.18. The van der Waals surface area contributed by atoms with Gasteiger partial charge >= 0.3 is 0 Å². The van der Waals surface area contributed by atoms with Crippen molar-refractivity contribution < 1.29 is 33.8 Å². The van der Waals surface area contributed by atoms with Crippen LogP contribution >= 0.6 is 0 Å². The maximum absolute atomic E-state index is 13.7. The fraction of sp³-hybridized carbons (Fsp3) is 0.379. The summed E-state index contributed by atoms with van der Waals surface area (Å²) in [5, 5.41) is 13.7. The van der Waals surface area contributed by atoms with Crippen molar-refractivity contribution in [3.63, 3.8) is 0 Å². The van der Waals surface area contributed by atoms with Gasteiger partial charge in [-0.2, -0.15) is 0 Å². The number of nitrogens with one attached hydrogen (secondary N) is 1. The molecule has 0 aromatic heterocycles. The minimum atomic E-state index is -0.799. The van der Waals surface area contributed by atoms with Crippen molar-refractivity contribution in [1.29, 1.82) is 0 Å². The van der Waals surface area contributed by atoms with E-state index in [2.05, 4.69) is 6.58 Å². The number of ether oxygens (including phenoxy) is 3. The fourth-order valence-corrected chi connectivity index (χ4v) is 4.68. The molecule has 0 aliphatic carbocycles. The second-order valence-corrected chi connectivity index (χ2v) is 9.45. The molecule has 0 bridgehead atoms. The molecule has 1 unspecified atom stereocenters. The summed E-state index contributed by atoms with van der Waals surface area (Å²) in [4.78, 5) is 29.4. The SMILES string of the molecule is C=CCOc1cccc(C2/C(=C(\[O-])c3ccc(OC(C)C)cc3)C(=O)C(=O)N2CC[NH+]2CCOCC2)c1. The molecule has 2 fully saturated rings. The van der Waals surface area contributed by atoms with Crippen LogP contribution in [0.25, 0.3) is 5.76 Å². The largest absolute Gasteiger partial charge is 0.872 e. The minimum Gasteiger partial charge on any atom is -0.872 e. The maximum Gasteiger partial charge on any atom is 0.295 e. The number of benzene rings is 2. The van der Waals surface area contributed by atoms with Gasteiger partial charge in [-0.15, -0.1) is 0 Å². The van der Waals surface area contributed by atoms with Gasteiger partial charge in [0, 0.05) is 5.57 Å². The highest BCUT2D eigenvalue weighted by Gasteiger charge is 2.44. The van der Waals surface area contributed by atoms with Gasteiger partial charge in [-0.25, -0.2) is 0 Å². The van der Waals surface area contributed by atoms with E-state index in [1.165, 1.54) is 9.80 Å². The van der Waals surface area contributed by atoms with Crippen molar-refractivity contribution in [2.75, 3.05) is 46.0 Å². The maximum atomic E-state index is 13.7. The molecule has 1 atom stereocenters. The monoisotopic (exact) mass is 506 g/mol. The number of nitrogens with zero attached hydrogens (tertiary/aromatic N) is 1. The van der Waals surface area contributed by atoms with E-state index in [0.29, 0.717) is 55.5 Å². The highest BCUT2D eigenvalue weighted by molar-refractivity contribution is 6.46. The summed E-state index contributed by atoms with van der Waals surface area (Å²) in [5.41, 5.74) is 0.943. The molecule has 2 aliphatic rings. The average Bonchev–Trinajstić information content (AvgIpc) is 3.16. The molecular weight excluding hydrogens is 472 g/mol. The Kier molecular flexibility index (Phi) is 8.63. The van der Waals surface area contributed by atoms with Crippen LogP contribution in [-0.4, -0.2) is 68.7 Å². The van der Waals surface area contributed by atoms with Crippen LogP contribution in [0.1, 0.15) is 31.0 Å². The normalized spacial score (nSPS) is 19.9. The zero-order chi connectivity index (χ0) is 26.4. The molecule has 1 amide bonds. The van der Waals surface area contributed by atoms with Gasteiger partial charge in [-0.3, -0.25) is 9.59 Å². The van der Waals surface area contributed by atoms with E-state index in [-0.39, 0.29) is 11.7 Å². The van der Waals surface area contributed by atoms with Crippen molar-refractivity contribution in [2.45, 2.75) is 26.0 Å². The van der Waals surface area contributed by atoms with E-state index < -0.39 is 23.5 Å². The van der Waals surface area contributed by atoms with E-state index in [9.17, 15) is 14.7 Å². The van der Waals surface area contributed by atoms with Crippen LogP contribution in [0.2, 0.25) is 0 Å². The lowest BCUT2D eigenvalue weighted by Crippen LogP contribution is -3.14. The van der Waals surface area contributed by atoms with Gasteiger partial charge in [-0.1, -0.05) is 42.7 Å². The summed E-state index contributed by atoms with van der Waals surface area (Å²) in [7, 11) is 0. The molecule has 2 aromatic rings. The number of carbonyl (C=O) groups is 2. The predicted molar refractivity (Wildman–Crippen MR) is 137 cm³/mol. The van der Waals surface area contributed by atoms with Crippen LogP contribution in [0.3, 0.4) is 0 Å². The van der Waals surface area contributed by atoms with E-state index in [1.807, 2.05) is 19.9 Å². The van der Waals surface area contributed by atoms with Gasteiger partial charge < -0.3 is 29.1 Å². The summed E-state index contributed by atoms with van der Waals surface area (Å²) in [6, 6.07) is 13.1. The Balaban J connectivity index is 1.71. The van der Waals surface area contributed by atoms with Crippen molar-refractivity contribution in [2.24, 2.45) is 0 Å². The summed E-state index contributed by atoms with van der Waals surface area (Å²) in [6.45, 7) is 11.9. The van der Waals surface area contributed by atoms with Crippen LogP contribution in [0.4, 0.5) is 0 Å². The first kappa shape index (κ1) is 26.4. The number of quaternary nitrogens is 1. The lowest BCUT2D eigenvalue weighted by molar-refractivity contribution is -0.907. The van der Waals surface area contributed by atoms with Crippen molar-refractivity contribution in [1.82, 2.24) is 4.90 Å². The minimum absolute atomic E-state index is 0.00734. The first-order valence-electron chi connectivity index (χ1n) is 12.7. The number of ketones is 1. The lowest BCUT2D eigenvalue weighted by Gasteiger charge is -2.30. The van der Waals surface area contributed by atoms with Crippen LogP contribution in [0.15, 0.2) is 66.8 Å². The molecule has 2 saturated heterocycles. The standard InChI is InChI=1S/C29H34N2O6/c1-4-16-36-24-7-5-6-22(19-24)26-25(27(32)21-8-10-23(11-9-21)37-20(2)3)28(33)29(34)31(26)13-12-30-14-17-35-18-15-30/h4-11,19-20,26,32H,1,12-18H2,2-3H3/b27-25+. The van der Waals surface area contributed by atoms with Crippen LogP contribution in [-0.2, 0) is 14.3 Å². The van der Waals surface area contributed by atoms with Crippen molar-refractivity contribution in [3.05, 3.63) is 77.9 Å². The Bertz CT molecular complexity index is 1150. The molecule has 0 radical (unpaired) electrons. The quantitative estimate of drug-likeness (QED) is 0.225. The third-order valence-electron chi connectivity index (χ3n) is 6.47. The topological polar surface area (TPSA) is 92.6 Å². The Labute approximate surface area is 217 Å². The number of hydrogen-bond acceptors (Lipinski definition) is 6. The molecule has 196 valence electrons. The molecule has 0 spiro atoms. The molecule has 4 rings (SSSR count).